The van der Waals surface area contributed by atoms with Crippen LogP contribution in [0.4, 0.5) is 0 Å². The summed E-state index contributed by atoms with van der Waals surface area (Å²) in [5.74, 6) is 0.558. The van der Waals surface area contributed by atoms with Gasteiger partial charge in [0.25, 0.3) is 5.91 Å². The smallest absolute Gasteiger partial charge is 0.260 e. The van der Waals surface area contributed by atoms with Crippen LogP contribution in [0.1, 0.15) is 19.4 Å². The molecule has 4 nitrogen and oxygen atoms in total. The lowest BCUT2D eigenvalue weighted by atomic mass is 10.1. The first-order chi connectivity index (χ1) is 8.29. The number of nitrogens with zero attached hydrogens (tertiary/aromatic N) is 1. The molecule has 0 bridgehead atoms. The van der Waals surface area contributed by atoms with Gasteiger partial charge >= 0.3 is 0 Å². The number of hydrogen-bond acceptors (Lipinski definition) is 3. The van der Waals surface area contributed by atoms with Gasteiger partial charge in [-0.1, -0.05) is 18.2 Å². The van der Waals surface area contributed by atoms with Crippen LogP contribution in [0.3, 0.4) is 0 Å². The van der Waals surface area contributed by atoms with E-state index in [4.69, 9.17) is 4.74 Å². The number of hydrogen-bond donors (Lipinski definition) is 1. The minimum absolute atomic E-state index is 0.0164. The van der Waals surface area contributed by atoms with Crippen molar-refractivity contribution in [2.75, 3.05) is 20.2 Å². The number of benzene rings is 1. The van der Waals surface area contributed by atoms with Crippen LogP contribution in [0.15, 0.2) is 24.3 Å². The summed E-state index contributed by atoms with van der Waals surface area (Å²) >= 11 is 0. The summed E-state index contributed by atoms with van der Waals surface area (Å²) in [7, 11) is 1.65. The normalized spacial score (nSPS) is 11.2. The first-order valence-electron chi connectivity index (χ1n) is 5.94. The molecule has 0 aliphatic carbocycles. The number of ether oxygens (including phenoxy) is 1. The second-order valence-electron chi connectivity index (χ2n) is 5.12. The van der Waals surface area contributed by atoms with Crippen LogP contribution < -0.4 is 4.74 Å². The first-order valence-corrected chi connectivity index (χ1v) is 5.94. The molecule has 1 aromatic carbocycles. The summed E-state index contributed by atoms with van der Waals surface area (Å²) in [5, 5.41) is 9.63. The summed E-state index contributed by atoms with van der Waals surface area (Å²) < 4.78 is 5.46. The van der Waals surface area contributed by atoms with Crippen molar-refractivity contribution in [3.63, 3.8) is 0 Å². The number of carbonyl (C=O) groups is 1. The zero-order valence-corrected chi connectivity index (χ0v) is 11.4. The highest BCUT2D eigenvalue weighted by Gasteiger charge is 2.19. The van der Waals surface area contributed by atoms with Gasteiger partial charge in [-0.2, -0.15) is 0 Å². The van der Waals surface area contributed by atoms with E-state index in [0.29, 0.717) is 5.75 Å². The molecule has 0 atom stereocenters. The Labute approximate surface area is 108 Å². The van der Waals surface area contributed by atoms with Gasteiger partial charge in [0, 0.05) is 13.6 Å². The van der Waals surface area contributed by atoms with E-state index in [1.807, 2.05) is 31.2 Å². The van der Waals surface area contributed by atoms with Crippen molar-refractivity contribution < 1.29 is 14.6 Å². The number of rotatable bonds is 5. The number of para-hydroxylation sites is 1. The van der Waals surface area contributed by atoms with E-state index < -0.39 is 5.60 Å². The monoisotopic (exact) mass is 251 g/mol. The van der Waals surface area contributed by atoms with Crippen LogP contribution in [0.2, 0.25) is 0 Å². The molecule has 1 N–H and O–H groups in total. The van der Waals surface area contributed by atoms with Gasteiger partial charge in [0.05, 0.1) is 5.60 Å². The number of aryl methyl sites for hydroxylation is 1. The maximum Gasteiger partial charge on any atom is 0.260 e. The molecule has 1 aromatic rings. The predicted octanol–water partition coefficient (Wildman–Crippen LogP) is 1.60. The van der Waals surface area contributed by atoms with Crippen molar-refractivity contribution in [3.8, 4) is 5.75 Å². The largest absolute Gasteiger partial charge is 0.484 e. The summed E-state index contributed by atoms with van der Waals surface area (Å²) in [6.07, 6.45) is 0. The molecule has 0 saturated carbocycles. The van der Waals surface area contributed by atoms with Gasteiger partial charge in [0.15, 0.2) is 6.61 Å². The standard InChI is InChI=1S/C14H21NO3/c1-11-7-5-6-8-12(11)18-9-13(16)15(4)10-14(2,3)17/h5-8,17H,9-10H2,1-4H3. The van der Waals surface area contributed by atoms with Gasteiger partial charge in [0.2, 0.25) is 0 Å². The lowest BCUT2D eigenvalue weighted by Crippen LogP contribution is -2.41. The Bertz CT molecular complexity index is 410. The third kappa shape index (κ3) is 4.75. The van der Waals surface area contributed by atoms with Crippen molar-refractivity contribution in [3.05, 3.63) is 29.8 Å². The second-order valence-corrected chi connectivity index (χ2v) is 5.12. The molecule has 0 spiro atoms. The fourth-order valence-electron chi connectivity index (χ4n) is 1.64. The Morgan fingerprint density at radius 3 is 2.56 bits per heavy atom. The fraction of sp³-hybridized carbons (Fsp3) is 0.500. The Morgan fingerprint density at radius 2 is 2.00 bits per heavy atom. The molecular formula is C14H21NO3. The molecule has 0 aliphatic rings. The van der Waals surface area contributed by atoms with E-state index in [1.54, 1.807) is 20.9 Å². The minimum atomic E-state index is -0.896. The van der Waals surface area contributed by atoms with Gasteiger partial charge in [0.1, 0.15) is 5.75 Å². The molecule has 1 amide bonds. The highest BCUT2D eigenvalue weighted by atomic mass is 16.5. The topological polar surface area (TPSA) is 49.8 Å². The molecule has 0 saturated heterocycles. The number of likely N-dealkylation sites (N-methyl/N-ethyl adjacent to an activating group) is 1. The summed E-state index contributed by atoms with van der Waals surface area (Å²) in [4.78, 5) is 13.3. The summed E-state index contributed by atoms with van der Waals surface area (Å²) in [5.41, 5.74) is 0.100. The van der Waals surface area contributed by atoms with Gasteiger partial charge in [-0.15, -0.1) is 0 Å². The van der Waals surface area contributed by atoms with E-state index in [0.717, 1.165) is 5.56 Å². The Kier molecular flexibility index (Phi) is 4.73. The molecule has 4 heteroatoms. The van der Waals surface area contributed by atoms with Gasteiger partial charge in [-0.3, -0.25) is 4.79 Å². The molecule has 100 valence electrons. The quantitative estimate of drug-likeness (QED) is 0.865. The van der Waals surface area contributed by atoms with Crippen molar-refractivity contribution in [2.45, 2.75) is 26.4 Å². The lowest BCUT2D eigenvalue weighted by Gasteiger charge is -2.25. The van der Waals surface area contributed by atoms with Crippen LogP contribution in [-0.4, -0.2) is 41.7 Å². The van der Waals surface area contributed by atoms with Gasteiger partial charge in [-0.05, 0) is 32.4 Å². The number of aliphatic hydroxyl groups is 1. The molecule has 18 heavy (non-hydrogen) atoms. The van der Waals surface area contributed by atoms with E-state index in [1.165, 1.54) is 4.90 Å². The zero-order valence-electron chi connectivity index (χ0n) is 11.4. The fourth-order valence-corrected chi connectivity index (χ4v) is 1.64. The first kappa shape index (κ1) is 14.5. The Balaban J connectivity index is 2.49. The average molecular weight is 251 g/mol. The number of amides is 1. The molecule has 0 heterocycles. The van der Waals surface area contributed by atoms with E-state index in [9.17, 15) is 9.90 Å². The average Bonchev–Trinajstić information content (AvgIpc) is 2.25. The van der Waals surface area contributed by atoms with Gasteiger partial charge < -0.3 is 14.7 Å². The Hall–Kier alpha value is -1.55. The van der Waals surface area contributed by atoms with Crippen molar-refractivity contribution in [1.29, 1.82) is 0 Å². The van der Waals surface area contributed by atoms with E-state index in [2.05, 4.69) is 0 Å². The summed E-state index contributed by atoms with van der Waals surface area (Å²) in [6.45, 7) is 5.53. The molecule has 0 fully saturated rings. The molecule has 0 aliphatic heterocycles. The maximum atomic E-state index is 11.8. The third-order valence-corrected chi connectivity index (χ3v) is 2.49. The Morgan fingerprint density at radius 1 is 1.39 bits per heavy atom. The SMILES string of the molecule is Cc1ccccc1OCC(=O)N(C)CC(C)(C)O. The maximum absolute atomic E-state index is 11.8. The van der Waals surface area contributed by atoms with Crippen molar-refractivity contribution >= 4 is 5.91 Å². The molecular weight excluding hydrogens is 230 g/mol. The number of carbonyl (C=O) groups excluding carboxylic acids is 1. The second kappa shape index (κ2) is 5.87. The van der Waals surface area contributed by atoms with Crippen LogP contribution in [0, 0.1) is 6.92 Å². The highest BCUT2D eigenvalue weighted by molar-refractivity contribution is 5.77. The molecule has 0 unspecified atom stereocenters. The third-order valence-electron chi connectivity index (χ3n) is 2.49. The lowest BCUT2D eigenvalue weighted by molar-refractivity contribution is -0.134. The highest BCUT2D eigenvalue weighted by Crippen LogP contribution is 2.16. The molecule has 1 rings (SSSR count). The van der Waals surface area contributed by atoms with Crippen LogP contribution in [0.25, 0.3) is 0 Å². The van der Waals surface area contributed by atoms with Crippen molar-refractivity contribution in [2.24, 2.45) is 0 Å². The zero-order chi connectivity index (χ0) is 13.8. The van der Waals surface area contributed by atoms with E-state index in [-0.39, 0.29) is 19.1 Å². The predicted molar refractivity (Wildman–Crippen MR) is 70.6 cm³/mol. The molecule has 0 aromatic heterocycles. The van der Waals surface area contributed by atoms with E-state index >= 15 is 0 Å². The summed E-state index contributed by atoms with van der Waals surface area (Å²) in [6, 6.07) is 7.55. The van der Waals surface area contributed by atoms with Gasteiger partial charge in [-0.25, -0.2) is 0 Å². The van der Waals surface area contributed by atoms with Crippen LogP contribution in [0.5, 0.6) is 5.75 Å². The molecule has 0 radical (unpaired) electrons. The van der Waals surface area contributed by atoms with Crippen LogP contribution in [-0.2, 0) is 4.79 Å². The van der Waals surface area contributed by atoms with Crippen LogP contribution >= 0.6 is 0 Å². The van der Waals surface area contributed by atoms with Crippen molar-refractivity contribution in [1.82, 2.24) is 4.90 Å². The minimum Gasteiger partial charge on any atom is -0.484 e.